The third-order valence-electron chi connectivity index (χ3n) is 6.35. The lowest BCUT2D eigenvalue weighted by Crippen LogP contribution is -2.65. The van der Waals surface area contributed by atoms with Crippen molar-refractivity contribution in [1.29, 1.82) is 0 Å². The summed E-state index contributed by atoms with van der Waals surface area (Å²) in [6.07, 6.45) is -13.2. The van der Waals surface area contributed by atoms with Crippen LogP contribution in [0.2, 0.25) is 25.7 Å². The fourth-order valence-electron chi connectivity index (χ4n) is 4.12. The SMILES string of the molecule is C[Si](C)(C)CCO[C@@H]1O[C@H](CO)[C@@H](O[C@@H]2O[C@H](CO)[C@H](O)[C@H](OCc3ccccc3)[C@H]2O)[C@H](O)[C@H]1O. The Morgan fingerprint density at radius 2 is 1.39 bits per heavy atom. The van der Waals surface area contributed by atoms with E-state index in [9.17, 15) is 30.6 Å². The van der Waals surface area contributed by atoms with Crippen molar-refractivity contribution >= 4 is 8.07 Å². The second-order valence-electron chi connectivity index (χ2n) is 10.5. The van der Waals surface area contributed by atoms with Gasteiger partial charge in [0.15, 0.2) is 12.6 Å². The summed E-state index contributed by atoms with van der Waals surface area (Å²) in [5.74, 6) is 0. The number of hydrogen-bond donors (Lipinski definition) is 6. The van der Waals surface area contributed by atoms with Crippen LogP contribution in [0.15, 0.2) is 30.3 Å². The van der Waals surface area contributed by atoms with Crippen molar-refractivity contribution in [3.05, 3.63) is 35.9 Å². The highest BCUT2D eigenvalue weighted by Crippen LogP contribution is 2.31. The second kappa shape index (κ2) is 13.2. The molecule has 0 bridgehead atoms. The lowest BCUT2D eigenvalue weighted by molar-refractivity contribution is -0.361. The lowest BCUT2D eigenvalue weighted by Gasteiger charge is -2.46. The molecule has 10 atom stereocenters. The third-order valence-corrected chi connectivity index (χ3v) is 8.06. The maximum absolute atomic E-state index is 10.9. The fourth-order valence-corrected chi connectivity index (χ4v) is 4.85. The predicted octanol–water partition coefficient (Wildman–Crippen LogP) is -0.810. The average Bonchev–Trinajstić information content (AvgIpc) is 2.84. The topological polar surface area (TPSA) is 168 Å². The highest BCUT2D eigenvalue weighted by atomic mass is 28.3. The van der Waals surface area contributed by atoms with Gasteiger partial charge in [0.25, 0.3) is 0 Å². The molecule has 0 saturated carbocycles. The molecule has 0 aromatic heterocycles. The van der Waals surface area contributed by atoms with Gasteiger partial charge < -0.3 is 54.3 Å². The molecular weight excluding hydrogens is 492 g/mol. The quantitative estimate of drug-likeness (QED) is 0.197. The minimum atomic E-state index is -1.54. The van der Waals surface area contributed by atoms with Crippen LogP contribution in [0.25, 0.3) is 0 Å². The van der Waals surface area contributed by atoms with Gasteiger partial charge in [0.05, 0.1) is 19.8 Å². The molecule has 0 aliphatic carbocycles. The number of ether oxygens (including phenoxy) is 5. The maximum Gasteiger partial charge on any atom is 0.187 e. The Bertz CT molecular complexity index is 777. The maximum atomic E-state index is 10.9. The summed E-state index contributed by atoms with van der Waals surface area (Å²) in [5, 5.41) is 62.4. The smallest absolute Gasteiger partial charge is 0.187 e. The zero-order valence-corrected chi connectivity index (χ0v) is 21.9. The molecule has 1 aromatic carbocycles. The Kier molecular flexibility index (Phi) is 10.8. The summed E-state index contributed by atoms with van der Waals surface area (Å²) >= 11 is 0. The molecule has 2 heterocycles. The van der Waals surface area contributed by atoms with Crippen molar-refractivity contribution in [2.24, 2.45) is 0 Å². The number of benzene rings is 1. The molecule has 2 fully saturated rings. The van der Waals surface area contributed by atoms with Crippen LogP contribution in [0.3, 0.4) is 0 Å². The van der Waals surface area contributed by atoms with E-state index in [0.717, 1.165) is 11.6 Å². The molecule has 3 rings (SSSR count). The van der Waals surface area contributed by atoms with Crippen LogP contribution < -0.4 is 0 Å². The normalized spacial score (nSPS) is 37.7. The van der Waals surface area contributed by atoms with Gasteiger partial charge in [-0.25, -0.2) is 0 Å². The van der Waals surface area contributed by atoms with Crippen molar-refractivity contribution in [2.45, 2.75) is 93.7 Å². The van der Waals surface area contributed by atoms with E-state index < -0.39 is 82.7 Å². The first-order valence-electron chi connectivity index (χ1n) is 12.2. The van der Waals surface area contributed by atoms with Gasteiger partial charge in [0, 0.05) is 14.7 Å². The molecule has 0 amide bonds. The molecule has 6 N–H and O–H groups in total. The van der Waals surface area contributed by atoms with E-state index in [-0.39, 0.29) is 6.61 Å². The largest absolute Gasteiger partial charge is 0.394 e. The second-order valence-corrected chi connectivity index (χ2v) is 16.1. The van der Waals surface area contributed by atoms with Crippen LogP contribution in [-0.2, 0) is 30.3 Å². The van der Waals surface area contributed by atoms with Gasteiger partial charge in [0.2, 0.25) is 0 Å². The predicted molar refractivity (Wildman–Crippen MR) is 130 cm³/mol. The monoisotopic (exact) mass is 532 g/mol. The van der Waals surface area contributed by atoms with Gasteiger partial charge in [0.1, 0.15) is 48.8 Å². The van der Waals surface area contributed by atoms with Crippen molar-refractivity contribution in [3.63, 3.8) is 0 Å². The molecule has 0 radical (unpaired) electrons. The highest BCUT2D eigenvalue weighted by molar-refractivity contribution is 6.76. The van der Waals surface area contributed by atoms with Crippen molar-refractivity contribution in [2.75, 3.05) is 19.8 Å². The Labute approximate surface area is 212 Å². The first-order chi connectivity index (χ1) is 17.1. The molecule has 11 nitrogen and oxygen atoms in total. The van der Waals surface area contributed by atoms with Crippen LogP contribution >= 0.6 is 0 Å². The summed E-state index contributed by atoms with van der Waals surface area (Å²) in [5.41, 5.74) is 0.807. The van der Waals surface area contributed by atoms with Gasteiger partial charge >= 0.3 is 0 Å². The number of hydrogen-bond acceptors (Lipinski definition) is 11. The van der Waals surface area contributed by atoms with Crippen LogP contribution in [0.4, 0.5) is 0 Å². The van der Waals surface area contributed by atoms with Crippen LogP contribution in [0.5, 0.6) is 0 Å². The lowest BCUT2D eigenvalue weighted by atomic mass is 9.96. The van der Waals surface area contributed by atoms with Gasteiger partial charge in [-0.05, 0) is 11.6 Å². The Balaban J connectivity index is 1.67. The Morgan fingerprint density at radius 3 is 2.00 bits per heavy atom. The van der Waals surface area contributed by atoms with E-state index in [2.05, 4.69) is 19.6 Å². The Hall–Kier alpha value is -1.00. The van der Waals surface area contributed by atoms with Crippen molar-refractivity contribution in [3.8, 4) is 0 Å². The van der Waals surface area contributed by atoms with E-state index >= 15 is 0 Å². The van der Waals surface area contributed by atoms with Crippen LogP contribution in [-0.4, -0.2) is 120 Å². The number of aliphatic hydroxyl groups is 6. The number of aliphatic hydroxyl groups excluding tert-OH is 6. The van der Waals surface area contributed by atoms with Crippen molar-refractivity contribution in [1.82, 2.24) is 0 Å². The van der Waals surface area contributed by atoms with Crippen molar-refractivity contribution < 1.29 is 54.3 Å². The third kappa shape index (κ3) is 7.53. The molecule has 36 heavy (non-hydrogen) atoms. The first-order valence-corrected chi connectivity index (χ1v) is 15.9. The molecule has 0 unspecified atom stereocenters. The first kappa shape index (κ1) is 29.6. The van der Waals surface area contributed by atoms with E-state index in [1.165, 1.54) is 0 Å². The standard InChI is InChI=1S/C24H40O11Si/c1-36(2,3)10-9-31-23-19(29)18(28)21(16(12-26)34-23)35-24-20(30)22(17(27)15(11-25)33-24)32-13-14-7-5-4-6-8-14/h4-8,15-30H,9-13H2,1-3H3/t15-,16-,17+,18-,19-,20-,21-,22+,23-,24+/m1/s1. The van der Waals surface area contributed by atoms with E-state index in [1.807, 2.05) is 30.3 Å². The van der Waals surface area contributed by atoms with Gasteiger partial charge in [-0.3, -0.25) is 0 Å². The van der Waals surface area contributed by atoms with Gasteiger partial charge in [-0.15, -0.1) is 0 Å². The molecule has 2 aliphatic rings. The minimum Gasteiger partial charge on any atom is -0.394 e. The molecule has 12 heteroatoms. The summed E-state index contributed by atoms with van der Waals surface area (Å²) < 4.78 is 28.4. The van der Waals surface area contributed by atoms with Gasteiger partial charge in [-0.2, -0.15) is 0 Å². The van der Waals surface area contributed by atoms with Gasteiger partial charge in [-0.1, -0.05) is 50.0 Å². The van der Waals surface area contributed by atoms with E-state index in [1.54, 1.807) is 0 Å². The molecule has 1 aromatic rings. The molecule has 2 saturated heterocycles. The highest BCUT2D eigenvalue weighted by Gasteiger charge is 2.51. The number of rotatable bonds is 11. The zero-order chi connectivity index (χ0) is 26.5. The van der Waals surface area contributed by atoms with Crippen LogP contribution in [0.1, 0.15) is 5.56 Å². The molecular formula is C24H40O11Si. The fraction of sp³-hybridized carbons (Fsp3) is 0.750. The van der Waals surface area contributed by atoms with E-state index in [4.69, 9.17) is 23.7 Å². The van der Waals surface area contributed by atoms with E-state index in [0.29, 0.717) is 6.61 Å². The summed E-state index contributed by atoms with van der Waals surface area (Å²) in [7, 11) is -1.40. The van der Waals surface area contributed by atoms with Crippen LogP contribution in [0, 0.1) is 0 Å². The molecule has 0 spiro atoms. The average molecular weight is 533 g/mol. The minimum absolute atomic E-state index is 0.0775. The zero-order valence-electron chi connectivity index (χ0n) is 20.9. The molecule has 206 valence electrons. The summed E-state index contributed by atoms with van der Waals surface area (Å²) in [6, 6.07) is 9.95. The summed E-state index contributed by atoms with van der Waals surface area (Å²) in [6.45, 7) is 5.78. The summed E-state index contributed by atoms with van der Waals surface area (Å²) in [4.78, 5) is 0. The Morgan fingerprint density at radius 1 is 0.750 bits per heavy atom. The molecule has 2 aliphatic heterocycles.